The predicted molar refractivity (Wildman–Crippen MR) is 96.7 cm³/mol. The molecule has 3 heteroatoms. The van der Waals surface area contributed by atoms with Crippen molar-refractivity contribution >= 4 is 0 Å². The Morgan fingerprint density at radius 2 is 1.62 bits per heavy atom. The molecule has 0 aliphatic carbocycles. The summed E-state index contributed by atoms with van der Waals surface area (Å²) in [5.41, 5.74) is 3.26. The normalized spacial score (nSPS) is 17.1. The van der Waals surface area contributed by atoms with E-state index in [0.29, 0.717) is 32.6 Å². The summed E-state index contributed by atoms with van der Waals surface area (Å²) in [5, 5.41) is 10.9. The molecule has 0 bridgehead atoms. The zero-order chi connectivity index (χ0) is 16.8. The maximum Gasteiger partial charge on any atom is 0.0818 e. The lowest BCUT2D eigenvalue weighted by molar-refractivity contribution is -0.0821. The molecule has 1 saturated heterocycles. The number of hydrogen-bond acceptors (Lipinski definition) is 3. The van der Waals surface area contributed by atoms with Crippen molar-refractivity contribution in [3.63, 3.8) is 0 Å². The molecule has 128 valence electrons. The second-order valence-corrected chi connectivity index (χ2v) is 6.89. The number of aryl methyl sites for hydroxylation is 1. The van der Waals surface area contributed by atoms with Crippen LogP contribution in [0, 0.1) is 6.92 Å². The van der Waals surface area contributed by atoms with Crippen LogP contribution in [0.5, 0.6) is 0 Å². The van der Waals surface area contributed by atoms with Gasteiger partial charge in [0.05, 0.1) is 5.60 Å². The Bertz CT molecular complexity index is 635. The zero-order valence-electron chi connectivity index (χ0n) is 14.4. The molecular weight excluding hydrogens is 298 g/mol. The number of nitrogens with zero attached hydrogens (tertiary/aromatic N) is 1. The van der Waals surface area contributed by atoms with Crippen LogP contribution in [0.4, 0.5) is 0 Å². The number of aliphatic hydroxyl groups is 1. The third-order valence-corrected chi connectivity index (χ3v) is 4.85. The third kappa shape index (κ3) is 4.67. The lowest BCUT2D eigenvalue weighted by atomic mass is 9.93. The van der Waals surface area contributed by atoms with Gasteiger partial charge in [-0.25, -0.2) is 0 Å². The van der Waals surface area contributed by atoms with E-state index in [2.05, 4.69) is 60.4 Å². The fourth-order valence-electron chi connectivity index (χ4n) is 3.36. The van der Waals surface area contributed by atoms with E-state index in [1.165, 1.54) is 16.7 Å². The minimum atomic E-state index is -0.643. The fourth-order valence-corrected chi connectivity index (χ4v) is 3.36. The molecule has 3 nitrogen and oxygen atoms in total. The van der Waals surface area contributed by atoms with Gasteiger partial charge in [0.2, 0.25) is 0 Å². The molecule has 0 spiro atoms. The number of benzene rings is 2. The van der Waals surface area contributed by atoms with Gasteiger partial charge in [0.15, 0.2) is 0 Å². The van der Waals surface area contributed by atoms with E-state index in [1.54, 1.807) is 0 Å². The van der Waals surface area contributed by atoms with Gasteiger partial charge in [0.25, 0.3) is 0 Å². The van der Waals surface area contributed by atoms with Crippen molar-refractivity contribution in [3.8, 4) is 0 Å². The average molecular weight is 325 g/mol. The topological polar surface area (TPSA) is 32.7 Å². The first kappa shape index (κ1) is 17.2. The number of rotatable bonds is 6. The summed E-state index contributed by atoms with van der Waals surface area (Å²) in [6.45, 7) is 5.84. The van der Waals surface area contributed by atoms with Crippen LogP contribution in [0.1, 0.15) is 29.5 Å². The van der Waals surface area contributed by atoms with Crippen molar-refractivity contribution in [1.29, 1.82) is 0 Å². The molecule has 1 aliphatic heterocycles. The van der Waals surface area contributed by atoms with E-state index >= 15 is 0 Å². The Balaban J connectivity index is 1.76. The first-order valence-electron chi connectivity index (χ1n) is 8.76. The van der Waals surface area contributed by atoms with E-state index in [4.69, 9.17) is 4.74 Å². The van der Waals surface area contributed by atoms with E-state index < -0.39 is 5.60 Å². The molecular formula is C21H27NO2. The number of hydrogen-bond donors (Lipinski definition) is 1. The van der Waals surface area contributed by atoms with E-state index in [1.807, 2.05) is 6.07 Å². The monoisotopic (exact) mass is 325 g/mol. The van der Waals surface area contributed by atoms with Crippen molar-refractivity contribution in [2.75, 3.05) is 19.8 Å². The second kappa shape index (κ2) is 7.93. The molecule has 0 unspecified atom stereocenters. The molecule has 0 radical (unpaired) electrons. The van der Waals surface area contributed by atoms with Crippen molar-refractivity contribution in [1.82, 2.24) is 4.90 Å². The first-order chi connectivity index (χ1) is 11.6. The second-order valence-electron chi connectivity index (χ2n) is 6.89. The molecule has 0 amide bonds. The van der Waals surface area contributed by atoms with Gasteiger partial charge in [-0.2, -0.15) is 0 Å². The minimum absolute atomic E-state index is 0.643. The zero-order valence-corrected chi connectivity index (χ0v) is 14.4. The molecule has 2 aromatic carbocycles. The molecule has 1 heterocycles. The smallest absolute Gasteiger partial charge is 0.0818 e. The van der Waals surface area contributed by atoms with Gasteiger partial charge in [-0.1, -0.05) is 54.6 Å². The van der Waals surface area contributed by atoms with E-state index in [-0.39, 0.29) is 0 Å². The minimum Gasteiger partial charge on any atom is -0.388 e. The summed E-state index contributed by atoms with van der Waals surface area (Å²) in [5.74, 6) is 0. The largest absolute Gasteiger partial charge is 0.388 e. The van der Waals surface area contributed by atoms with Crippen LogP contribution in [0.25, 0.3) is 0 Å². The Hall–Kier alpha value is -1.68. The third-order valence-electron chi connectivity index (χ3n) is 4.85. The molecule has 0 saturated carbocycles. The summed E-state index contributed by atoms with van der Waals surface area (Å²) in [7, 11) is 0. The summed E-state index contributed by atoms with van der Waals surface area (Å²) >= 11 is 0. The number of ether oxygens (including phenoxy) is 1. The van der Waals surface area contributed by atoms with Crippen LogP contribution in [0.2, 0.25) is 0 Å². The van der Waals surface area contributed by atoms with Crippen molar-refractivity contribution in [2.45, 2.75) is 38.5 Å². The van der Waals surface area contributed by atoms with Gasteiger partial charge >= 0.3 is 0 Å². The first-order valence-corrected chi connectivity index (χ1v) is 8.76. The molecule has 24 heavy (non-hydrogen) atoms. The fraction of sp³-hybridized carbons (Fsp3) is 0.429. The van der Waals surface area contributed by atoms with E-state index in [9.17, 15) is 5.11 Å². The van der Waals surface area contributed by atoms with Crippen molar-refractivity contribution in [3.05, 3.63) is 71.3 Å². The van der Waals surface area contributed by atoms with Crippen LogP contribution in [0.3, 0.4) is 0 Å². The molecule has 0 atom stereocenters. The lowest BCUT2D eigenvalue weighted by Gasteiger charge is -2.37. The van der Waals surface area contributed by atoms with Crippen LogP contribution < -0.4 is 0 Å². The maximum absolute atomic E-state index is 10.9. The standard InChI is InChI=1S/C21H27NO2/c1-18-7-5-6-10-20(18)16-22(15-19-8-3-2-4-9-19)17-21(23)11-13-24-14-12-21/h2-10,23H,11-17H2,1H3. The summed E-state index contributed by atoms with van der Waals surface area (Å²) < 4.78 is 5.42. The van der Waals surface area contributed by atoms with Crippen LogP contribution in [-0.4, -0.2) is 35.4 Å². The predicted octanol–water partition coefficient (Wildman–Crippen LogP) is 3.54. The summed E-state index contributed by atoms with van der Waals surface area (Å²) in [4.78, 5) is 2.36. The Morgan fingerprint density at radius 1 is 0.958 bits per heavy atom. The maximum atomic E-state index is 10.9. The lowest BCUT2D eigenvalue weighted by Crippen LogP contribution is -2.46. The van der Waals surface area contributed by atoms with E-state index in [0.717, 1.165) is 13.1 Å². The van der Waals surface area contributed by atoms with Crippen molar-refractivity contribution in [2.24, 2.45) is 0 Å². The van der Waals surface area contributed by atoms with Gasteiger partial charge in [-0.15, -0.1) is 0 Å². The van der Waals surface area contributed by atoms with Gasteiger partial charge in [0, 0.05) is 45.7 Å². The molecule has 1 N–H and O–H groups in total. The highest BCUT2D eigenvalue weighted by molar-refractivity contribution is 5.25. The summed E-state index contributed by atoms with van der Waals surface area (Å²) in [6, 6.07) is 19.0. The molecule has 0 aromatic heterocycles. The van der Waals surface area contributed by atoms with Crippen LogP contribution in [0.15, 0.2) is 54.6 Å². The quantitative estimate of drug-likeness (QED) is 0.882. The highest BCUT2D eigenvalue weighted by Gasteiger charge is 2.32. The molecule has 2 aromatic rings. The molecule has 1 aliphatic rings. The van der Waals surface area contributed by atoms with Gasteiger partial charge in [-0.05, 0) is 23.6 Å². The SMILES string of the molecule is Cc1ccccc1CN(Cc1ccccc1)CC1(O)CCOCC1. The Labute approximate surface area is 144 Å². The highest BCUT2D eigenvalue weighted by Crippen LogP contribution is 2.24. The molecule has 1 fully saturated rings. The Morgan fingerprint density at radius 3 is 2.33 bits per heavy atom. The van der Waals surface area contributed by atoms with Gasteiger partial charge in [0.1, 0.15) is 0 Å². The van der Waals surface area contributed by atoms with Crippen LogP contribution >= 0.6 is 0 Å². The van der Waals surface area contributed by atoms with Gasteiger partial charge in [-0.3, -0.25) is 4.90 Å². The average Bonchev–Trinajstić information content (AvgIpc) is 2.58. The van der Waals surface area contributed by atoms with Gasteiger partial charge < -0.3 is 9.84 Å². The van der Waals surface area contributed by atoms with Crippen molar-refractivity contribution < 1.29 is 9.84 Å². The highest BCUT2D eigenvalue weighted by atomic mass is 16.5. The Kier molecular flexibility index (Phi) is 5.67. The molecule has 3 rings (SSSR count). The summed E-state index contributed by atoms with van der Waals surface area (Å²) in [6.07, 6.45) is 1.43. The van der Waals surface area contributed by atoms with Crippen LogP contribution in [-0.2, 0) is 17.8 Å².